The van der Waals surface area contributed by atoms with Crippen LogP contribution in [0.25, 0.3) is 0 Å². The van der Waals surface area contributed by atoms with Crippen molar-refractivity contribution in [3.8, 4) is 0 Å². The summed E-state index contributed by atoms with van der Waals surface area (Å²) in [6.45, 7) is -0.161. The van der Waals surface area contributed by atoms with Gasteiger partial charge in [0, 0.05) is 11.8 Å². The molecule has 0 radical (unpaired) electrons. The maximum Gasteiger partial charge on any atom is 0.323 e. The smallest absolute Gasteiger partial charge is 0.323 e. The lowest BCUT2D eigenvalue weighted by atomic mass is 10.4. The van der Waals surface area contributed by atoms with Gasteiger partial charge < -0.3 is 15.8 Å². The number of aliphatic hydroxyl groups excluding tert-OH is 1. The zero-order valence-corrected chi connectivity index (χ0v) is 7.44. The molecule has 1 aromatic heterocycles. The van der Waals surface area contributed by atoms with Crippen LogP contribution in [0.1, 0.15) is 5.56 Å². The van der Waals surface area contributed by atoms with Gasteiger partial charge in [-0.05, 0) is 7.05 Å². The maximum absolute atomic E-state index is 10.5. The molecule has 68 valence electrons. The lowest BCUT2D eigenvalue weighted by Crippen LogP contribution is -2.10. The fraction of sp³-hybridized carbons (Fsp3) is 0.333. The van der Waals surface area contributed by atoms with Crippen molar-refractivity contribution in [1.29, 1.82) is 0 Å². The highest BCUT2D eigenvalue weighted by Gasteiger charge is 1.91. The van der Waals surface area contributed by atoms with Gasteiger partial charge >= 0.3 is 5.69 Å². The van der Waals surface area contributed by atoms with Gasteiger partial charge in [0.2, 0.25) is 0 Å². The monoisotopic (exact) mass is 189 g/mol. The highest BCUT2D eigenvalue weighted by molar-refractivity contribution is 7.71. The average Bonchev–Trinajstić information content (AvgIpc) is 2.08. The molecule has 0 saturated carbocycles. The second-order valence-corrected chi connectivity index (χ2v) is 2.16. The molecule has 0 aromatic carbocycles. The molecule has 5 N–H and O–H groups in total. The van der Waals surface area contributed by atoms with Gasteiger partial charge in [0.15, 0.2) is 0 Å². The number of aromatic amines is 2. The molecule has 0 aliphatic rings. The highest BCUT2D eigenvalue weighted by Crippen LogP contribution is 1.92. The van der Waals surface area contributed by atoms with E-state index in [1.165, 1.54) is 13.2 Å². The number of aromatic nitrogens is 2. The number of nitrogens with two attached hydrogens (primary N) is 1. The lowest BCUT2D eigenvalue weighted by molar-refractivity contribution is 0.280. The molecule has 6 heteroatoms. The van der Waals surface area contributed by atoms with Crippen LogP contribution in [0, 0.1) is 4.64 Å². The van der Waals surface area contributed by atoms with Gasteiger partial charge in [-0.2, -0.15) is 0 Å². The Bertz CT molecular complexity index is 330. The van der Waals surface area contributed by atoms with Gasteiger partial charge in [0.25, 0.3) is 0 Å². The summed E-state index contributed by atoms with van der Waals surface area (Å²) < 4.78 is 0.284. The van der Waals surface area contributed by atoms with Crippen LogP contribution in [0.4, 0.5) is 0 Å². The number of hydrogen-bond donors (Lipinski definition) is 4. The first-order valence-corrected chi connectivity index (χ1v) is 3.64. The van der Waals surface area contributed by atoms with Crippen molar-refractivity contribution in [3.05, 3.63) is 26.9 Å². The van der Waals surface area contributed by atoms with Gasteiger partial charge in [-0.3, -0.25) is 4.98 Å². The fourth-order valence-electron chi connectivity index (χ4n) is 0.555. The molecule has 0 unspecified atom stereocenters. The van der Waals surface area contributed by atoms with Gasteiger partial charge in [-0.25, -0.2) is 4.79 Å². The summed E-state index contributed by atoms with van der Waals surface area (Å²) in [5.41, 5.74) is 4.66. The second-order valence-electron chi connectivity index (χ2n) is 1.76. The van der Waals surface area contributed by atoms with Crippen molar-refractivity contribution in [2.24, 2.45) is 5.73 Å². The van der Waals surface area contributed by atoms with E-state index in [9.17, 15) is 4.79 Å². The van der Waals surface area contributed by atoms with Crippen molar-refractivity contribution in [3.63, 3.8) is 0 Å². The topological polar surface area (TPSA) is 94.9 Å². The maximum atomic E-state index is 10.5. The van der Waals surface area contributed by atoms with E-state index in [1.807, 2.05) is 0 Å². The van der Waals surface area contributed by atoms with Crippen LogP contribution in [0.5, 0.6) is 0 Å². The van der Waals surface area contributed by atoms with Crippen LogP contribution in [0.3, 0.4) is 0 Å². The van der Waals surface area contributed by atoms with Crippen LogP contribution in [-0.4, -0.2) is 22.1 Å². The number of aliphatic hydroxyl groups is 1. The third-order valence-corrected chi connectivity index (χ3v) is 1.43. The van der Waals surface area contributed by atoms with E-state index in [1.54, 1.807) is 0 Å². The minimum atomic E-state index is -0.359. The molecule has 0 aliphatic heterocycles. The van der Waals surface area contributed by atoms with Crippen molar-refractivity contribution < 1.29 is 5.11 Å². The summed E-state index contributed by atoms with van der Waals surface area (Å²) in [5, 5.41) is 8.60. The first-order chi connectivity index (χ1) is 5.74. The number of nitrogens with one attached hydrogen (secondary N) is 2. The third-order valence-electron chi connectivity index (χ3n) is 1.07. The second kappa shape index (κ2) is 5.64. The molecule has 0 spiro atoms. The predicted molar refractivity (Wildman–Crippen MR) is 48.3 cm³/mol. The molecule has 1 rings (SSSR count). The molecule has 12 heavy (non-hydrogen) atoms. The van der Waals surface area contributed by atoms with E-state index < -0.39 is 0 Å². The van der Waals surface area contributed by atoms with Gasteiger partial charge in [-0.1, -0.05) is 12.2 Å². The molecule has 5 nitrogen and oxygen atoms in total. The van der Waals surface area contributed by atoms with E-state index in [0.29, 0.717) is 5.56 Å². The van der Waals surface area contributed by atoms with Gasteiger partial charge in [0.1, 0.15) is 4.64 Å². The summed E-state index contributed by atoms with van der Waals surface area (Å²) in [6.07, 6.45) is 1.39. The predicted octanol–water partition coefficient (Wildman–Crippen LogP) is -0.500. The molecular formula is C6H11N3O2S. The Morgan fingerprint density at radius 2 is 2.25 bits per heavy atom. The SMILES string of the molecule is CN.O=c1[nH]cc(CO)c(=S)[nH]1. The Kier molecular flexibility index (Phi) is 5.18. The van der Waals surface area contributed by atoms with E-state index >= 15 is 0 Å². The Morgan fingerprint density at radius 3 is 2.67 bits per heavy atom. The summed E-state index contributed by atoms with van der Waals surface area (Å²) in [6, 6.07) is 0. The Labute approximate surface area is 74.3 Å². The first kappa shape index (κ1) is 11.0. The third kappa shape index (κ3) is 2.95. The highest BCUT2D eigenvalue weighted by atomic mass is 32.1. The molecule has 0 aliphatic carbocycles. The zero-order chi connectivity index (χ0) is 9.56. The van der Waals surface area contributed by atoms with Crippen molar-refractivity contribution >= 4 is 12.2 Å². The van der Waals surface area contributed by atoms with Gasteiger partial charge in [-0.15, -0.1) is 0 Å². The number of H-pyrrole nitrogens is 2. The van der Waals surface area contributed by atoms with Crippen LogP contribution in [0.15, 0.2) is 11.0 Å². The normalized spacial score (nSPS) is 8.58. The van der Waals surface area contributed by atoms with E-state index in [-0.39, 0.29) is 16.9 Å². The minimum Gasteiger partial charge on any atom is -0.392 e. The van der Waals surface area contributed by atoms with Crippen LogP contribution in [-0.2, 0) is 6.61 Å². The average molecular weight is 189 g/mol. The molecule has 1 heterocycles. The first-order valence-electron chi connectivity index (χ1n) is 3.23. The van der Waals surface area contributed by atoms with Crippen molar-refractivity contribution in [2.75, 3.05) is 7.05 Å². The summed E-state index contributed by atoms with van der Waals surface area (Å²) in [5.74, 6) is 0. The van der Waals surface area contributed by atoms with E-state index in [2.05, 4.69) is 15.7 Å². The van der Waals surface area contributed by atoms with Crippen LogP contribution < -0.4 is 11.4 Å². The summed E-state index contributed by atoms with van der Waals surface area (Å²) in [4.78, 5) is 15.2. The Balaban J connectivity index is 0.000000561. The summed E-state index contributed by atoms with van der Waals surface area (Å²) >= 11 is 4.70. The minimum absolute atomic E-state index is 0.161. The number of hydrogen-bond acceptors (Lipinski definition) is 4. The zero-order valence-electron chi connectivity index (χ0n) is 6.63. The standard InChI is InChI=1S/C5H6N2O2S.CH5N/c8-2-3-1-6-5(9)7-4(3)10;1-2/h1,8H,2H2,(H2,6,7,9,10);2H2,1H3. The van der Waals surface area contributed by atoms with Crippen molar-refractivity contribution in [2.45, 2.75) is 6.61 Å². The molecule has 0 atom stereocenters. The summed E-state index contributed by atoms with van der Waals surface area (Å²) in [7, 11) is 1.50. The quantitative estimate of drug-likeness (QED) is 0.448. The van der Waals surface area contributed by atoms with E-state index in [4.69, 9.17) is 17.3 Å². The molecule has 0 amide bonds. The van der Waals surface area contributed by atoms with Crippen molar-refractivity contribution in [1.82, 2.24) is 9.97 Å². The van der Waals surface area contributed by atoms with Gasteiger partial charge in [0.05, 0.1) is 6.61 Å². The molecule has 0 bridgehead atoms. The van der Waals surface area contributed by atoms with E-state index in [0.717, 1.165) is 0 Å². The van der Waals surface area contributed by atoms with Crippen LogP contribution >= 0.6 is 12.2 Å². The molecular weight excluding hydrogens is 178 g/mol. The number of rotatable bonds is 1. The largest absolute Gasteiger partial charge is 0.392 e. The molecule has 0 saturated heterocycles. The Morgan fingerprint density at radius 1 is 1.67 bits per heavy atom. The van der Waals surface area contributed by atoms with Crippen LogP contribution in [0.2, 0.25) is 0 Å². The Hall–Kier alpha value is -0.980. The lowest BCUT2D eigenvalue weighted by Gasteiger charge is -1.91. The molecule has 1 aromatic rings. The fourth-order valence-corrected chi connectivity index (χ4v) is 0.771. The molecule has 0 fully saturated rings.